The molecule has 0 aliphatic heterocycles. The average molecular weight is 390 g/mol. The molecule has 0 bridgehead atoms. The Balaban J connectivity index is 1.61. The monoisotopic (exact) mass is 390 g/mol. The van der Waals surface area contributed by atoms with Crippen LogP contribution in [0, 0.1) is 6.92 Å². The third-order valence-electron chi connectivity index (χ3n) is 4.45. The number of hydrogen-bond donors (Lipinski definition) is 0. The molecular weight excluding hydrogens is 372 g/mol. The molecule has 0 aliphatic carbocycles. The number of fused-ring (bicyclic) bond motifs is 1. The highest BCUT2D eigenvalue weighted by Crippen LogP contribution is 2.37. The maximum atomic E-state index is 11.5. The molecule has 0 amide bonds. The molecule has 0 unspecified atom stereocenters. The highest BCUT2D eigenvalue weighted by molar-refractivity contribution is 7.17. The first-order chi connectivity index (χ1) is 13.7. The topological polar surface area (TPSA) is 61.3 Å². The summed E-state index contributed by atoms with van der Waals surface area (Å²) in [5, 5.41) is 3.00. The predicted octanol–water partition coefficient (Wildman–Crippen LogP) is 5.03. The van der Waals surface area contributed by atoms with Gasteiger partial charge in [0.15, 0.2) is 0 Å². The van der Waals surface area contributed by atoms with Crippen LogP contribution in [0.5, 0.6) is 5.88 Å². The molecule has 0 spiro atoms. The van der Waals surface area contributed by atoms with E-state index in [2.05, 4.69) is 46.5 Å². The van der Waals surface area contributed by atoms with Crippen molar-refractivity contribution in [2.24, 2.45) is 0 Å². The van der Waals surface area contributed by atoms with Crippen molar-refractivity contribution in [2.75, 3.05) is 7.11 Å². The highest BCUT2D eigenvalue weighted by Gasteiger charge is 2.14. The van der Waals surface area contributed by atoms with E-state index in [4.69, 9.17) is 9.47 Å². The van der Waals surface area contributed by atoms with E-state index in [-0.39, 0.29) is 5.97 Å². The van der Waals surface area contributed by atoms with Crippen LogP contribution < -0.4 is 4.74 Å². The molecule has 4 rings (SSSR count). The minimum absolute atomic E-state index is 0.344. The zero-order chi connectivity index (χ0) is 19.5. The number of rotatable bonds is 5. The fraction of sp³-hybridized carbons (Fsp3) is 0.136. The van der Waals surface area contributed by atoms with Gasteiger partial charge in [-0.3, -0.25) is 0 Å². The van der Waals surface area contributed by atoms with Gasteiger partial charge < -0.3 is 9.47 Å². The van der Waals surface area contributed by atoms with Gasteiger partial charge in [-0.1, -0.05) is 42.0 Å². The minimum Gasteiger partial charge on any atom is -0.472 e. The third kappa shape index (κ3) is 3.59. The summed E-state index contributed by atoms with van der Waals surface area (Å²) in [5.74, 6) is 0.199. The number of ether oxygens (including phenoxy) is 2. The fourth-order valence-corrected chi connectivity index (χ4v) is 3.82. The Labute approximate surface area is 166 Å². The molecule has 5 nitrogen and oxygen atoms in total. The molecule has 2 aromatic carbocycles. The summed E-state index contributed by atoms with van der Waals surface area (Å²) in [5.41, 5.74) is 4.84. The molecule has 4 aromatic rings. The first kappa shape index (κ1) is 18.1. The Morgan fingerprint density at radius 1 is 1.04 bits per heavy atom. The van der Waals surface area contributed by atoms with Crippen LogP contribution in [0.2, 0.25) is 0 Å². The second kappa shape index (κ2) is 7.78. The van der Waals surface area contributed by atoms with Gasteiger partial charge in [0.05, 0.1) is 18.1 Å². The van der Waals surface area contributed by atoms with E-state index in [0.29, 0.717) is 18.1 Å². The Morgan fingerprint density at radius 3 is 2.50 bits per heavy atom. The standard InChI is InChI=1S/C22H18N2O3S/c1-14-3-7-16(8-4-14)18-12-28-21-19(18)20(23-13-24-21)27-11-15-5-9-17(10-6-15)22(25)26-2/h3-10,12-13H,11H2,1-2H3. The van der Waals surface area contributed by atoms with Crippen LogP contribution in [0.25, 0.3) is 21.3 Å². The van der Waals surface area contributed by atoms with E-state index < -0.39 is 0 Å². The van der Waals surface area contributed by atoms with Crippen molar-refractivity contribution in [3.8, 4) is 17.0 Å². The molecule has 0 atom stereocenters. The van der Waals surface area contributed by atoms with E-state index >= 15 is 0 Å². The molecule has 0 saturated heterocycles. The summed E-state index contributed by atoms with van der Waals surface area (Å²) < 4.78 is 10.7. The van der Waals surface area contributed by atoms with Crippen molar-refractivity contribution in [1.82, 2.24) is 9.97 Å². The largest absolute Gasteiger partial charge is 0.472 e. The van der Waals surface area contributed by atoms with E-state index in [9.17, 15) is 4.79 Å². The number of carbonyl (C=O) groups excluding carboxylic acids is 1. The van der Waals surface area contributed by atoms with Gasteiger partial charge in [-0.15, -0.1) is 11.3 Å². The first-order valence-electron chi connectivity index (χ1n) is 8.75. The Bertz CT molecular complexity index is 1120. The summed E-state index contributed by atoms with van der Waals surface area (Å²) in [6.45, 7) is 2.41. The average Bonchev–Trinajstić information content (AvgIpc) is 3.17. The van der Waals surface area contributed by atoms with Crippen molar-refractivity contribution in [2.45, 2.75) is 13.5 Å². The van der Waals surface area contributed by atoms with E-state index in [1.165, 1.54) is 19.0 Å². The Hall–Kier alpha value is -3.25. The van der Waals surface area contributed by atoms with Gasteiger partial charge in [-0.05, 0) is 30.2 Å². The van der Waals surface area contributed by atoms with Gasteiger partial charge in [0.1, 0.15) is 17.8 Å². The molecule has 2 heterocycles. The molecule has 0 radical (unpaired) electrons. The van der Waals surface area contributed by atoms with Gasteiger partial charge >= 0.3 is 5.97 Å². The van der Waals surface area contributed by atoms with Crippen molar-refractivity contribution in [3.05, 3.63) is 76.9 Å². The maximum Gasteiger partial charge on any atom is 0.337 e. The molecule has 6 heteroatoms. The number of benzene rings is 2. The number of aryl methyl sites for hydroxylation is 1. The van der Waals surface area contributed by atoms with Crippen LogP contribution >= 0.6 is 11.3 Å². The lowest BCUT2D eigenvalue weighted by Crippen LogP contribution is -2.02. The third-order valence-corrected chi connectivity index (χ3v) is 5.33. The zero-order valence-corrected chi connectivity index (χ0v) is 16.3. The van der Waals surface area contributed by atoms with Crippen LogP contribution in [0.1, 0.15) is 21.5 Å². The number of carbonyl (C=O) groups is 1. The van der Waals surface area contributed by atoms with Gasteiger partial charge in [-0.2, -0.15) is 0 Å². The molecule has 0 fully saturated rings. The molecular formula is C22H18N2O3S. The first-order valence-corrected chi connectivity index (χ1v) is 9.63. The van der Waals surface area contributed by atoms with Crippen molar-refractivity contribution >= 4 is 27.5 Å². The van der Waals surface area contributed by atoms with E-state index in [1.807, 2.05) is 12.1 Å². The van der Waals surface area contributed by atoms with Crippen molar-refractivity contribution < 1.29 is 14.3 Å². The number of methoxy groups -OCH3 is 1. The Kier molecular flexibility index (Phi) is 5.04. The number of aromatic nitrogens is 2. The lowest BCUT2D eigenvalue weighted by Gasteiger charge is -2.09. The predicted molar refractivity (Wildman–Crippen MR) is 110 cm³/mol. The van der Waals surface area contributed by atoms with Crippen LogP contribution in [-0.2, 0) is 11.3 Å². The molecule has 0 saturated carbocycles. The molecule has 2 aromatic heterocycles. The molecule has 28 heavy (non-hydrogen) atoms. The number of hydrogen-bond acceptors (Lipinski definition) is 6. The second-order valence-corrected chi connectivity index (χ2v) is 7.21. The summed E-state index contributed by atoms with van der Waals surface area (Å²) in [6.07, 6.45) is 1.52. The van der Waals surface area contributed by atoms with E-state index in [0.717, 1.165) is 26.9 Å². The molecule has 0 N–H and O–H groups in total. The SMILES string of the molecule is COC(=O)c1ccc(COc2ncnc3scc(-c4ccc(C)cc4)c23)cc1. The lowest BCUT2D eigenvalue weighted by atomic mass is 10.0. The number of nitrogens with zero attached hydrogens (tertiary/aromatic N) is 2. The van der Waals surface area contributed by atoms with Crippen LogP contribution in [-0.4, -0.2) is 23.0 Å². The van der Waals surface area contributed by atoms with Crippen LogP contribution in [0.15, 0.2) is 60.2 Å². The summed E-state index contributed by atoms with van der Waals surface area (Å²) >= 11 is 1.57. The molecule has 140 valence electrons. The van der Waals surface area contributed by atoms with Gasteiger partial charge in [0.2, 0.25) is 5.88 Å². The van der Waals surface area contributed by atoms with E-state index in [1.54, 1.807) is 23.5 Å². The summed E-state index contributed by atoms with van der Waals surface area (Å²) in [6, 6.07) is 15.5. The molecule has 0 aliphatic rings. The number of esters is 1. The highest BCUT2D eigenvalue weighted by atomic mass is 32.1. The van der Waals surface area contributed by atoms with Crippen molar-refractivity contribution in [1.29, 1.82) is 0 Å². The van der Waals surface area contributed by atoms with Gasteiger partial charge in [0, 0.05) is 10.9 Å². The summed E-state index contributed by atoms with van der Waals surface area (Å²) in [7, 11) is 1.37. The fourth-order valence-electron chi connectivity index (χ4n) is 2.91. The quantitative estimate of drug-likeness (QED) is 0.447. The second-order valence-electron chi connectivity index (χ2n) is 6.35. The summed E-state index contributed by atoms with van der Waals surface area (Å²) in [4.78, 5) is 21.2. The maximum absolute atomic E-state index is 11.5. The van der Waals surface area contributed by atoms with Crippen LogP contribution in [0.3, 0.4) is 0 Å². The normalized spacial score (nSPS) is 10.8. The van der Waals surface area contributed by atoms with Gasteiger partial charge in [0.25, 0.3) is 0 Å². The zero-order valence-electron chi connectivity index (χ0n) is 15.5. The Morgan fingerprint density at radius 2 is 1.79 bits per heavy atom. The minimum atomic E-state index is -0.356. The van der Waals surface area contributed by atoms with Crippen LogP contribution in [0.4, 0.5) is 0 Å². The van der Waals surface area contributed by atoms with Gasteiger partial charge in [-0.25, -0.2) is 14.8 Å². The number of thiophene rings is 1. The van der Waals surface area contributed by atoms with Crippen molar-refractivity contribution in [3.63, 3.8) is 0 Å². The lowest BCUT2D eigenvalue weighted by molar-refractivity contribution is 0.0600. The smallest absolute Gasteiger partial charge is 0.337 e.